The highest BCUT2D eigenvalue weighted by atomic mass is 31.2. The molecule has 0 spiro atoms. The van der Waals surface area contributed by atoms with Crippen LogP contribution in [0.25, 0.3) is 0 Å². The second-order valence-electron chi connectivity index (χ2n) is 2.98. The predicted molar refractivity (Wildman–Crippen MR) is 58.0 cm³/mol. The molecule has 18 heteroatoms. The first-order valence-electron chi connectivity index (χ1n) is 3.80. The molecule has 124 valence electrons. The monoisotopic (exact) mass is 387 g/mol. The fraction of sp³-hybridized carbons (Fsp3) is 1.00. The summed E-state index contributed by atoms with van der Waals surface area (Å²) in [4.78, 5) is 62.9. The van der Waals surface area contributed by atoms with Gasteiger partial charge in [0.05, 0.1) is 0 Å². The zero-order valence-electron chi connectivity index (χ0n) is 8.91. The van der Waals surface area contributed by atoms with E-state index >= 15 is 0 Å². The smallest absolute Gasteiger partial charge is 0.322 e. The van der Waals surface area contributed by atoms with Gasteiger partial charge in [-0.15, -0.1) is 0 Å². The summed E-state index contributed by atoms with van der Waals surface area (Å²) >= 11 is 0. The number of hydrogen-bond acceptors (Lipinski definition) is 4. The average molecular weight is 387 g/mol. The molecule has 0 aliphatic heterocycles. The Kier molecular flexibility index (Phi) is 8.13. The van der Waals surface area contributed by atoms with Crippen LogP contribution in [0, 0.1) is 0 Å². The van der Waals surface area contributed by atoms with Crippen molar-refractivity contribution < 1.29 is 66.2 Å². The van der Waals surface area contributed by atoms with E-state index in [4.69, 9.17) is 39.1 Å². The largest absolute Gasteiger partial charge is 0.372 e. The van der Waals surface area contributed by atoms with Crippen molar-refractivity contribution in [3.63, 3.8) is 0 Å². The van der Waals surface area contributed by atoms with Crippen LogP contribution in [0.2, 0.25) is 0 Å². The van der Waals surface area contributed by atoms with Gasteiger partial charge in [0, 0.05) is 0 Å². The quantitative estimate of drug-likeness (QED) is 0.277. The summed E-state index contributed by atoms with van der Waals surface area (Å²) in [6.07, 6.45) is 0. The third-order valence-corrected chi connectivity index (χ3v) is 6.94. The van der Waals surface area contributed by atoms with Gasteiger partial charge in [-0.2, -0.15) is 0 Å². The van der Waals surface area contributed by atoms with Crippen LogP contribution >= 0.6 is 30.4 Å². The number of rotatable bonds is 4. The minimum absolute atomic E-state index is 3.40. The number of alkyl halides is 2. The van der Waals surface area contributed by atoms with Gasteiger partial charge in [0.2, 0.25) is 0 Å². The Labute approximate surface area is 109 Å². The Balaban J connectivity index is 0. The molecule has 0 rings (SSSR count). The fourth-order valence-corrected chi connectivity index (χ4v) is 3.53. The molecule has 20 heavy (non-hydrogen) atoms. The first-order valence-corrected chi connectivity index (χ1v) is 10.5. The van der Waals surface area contributed by atoms with Gasteiger partial charge in [0.1, 0.15) is 0 Å². The van der Waals surface area contributed by atoms with Crippen molar-refractivity contribution in [2.75, 3.05) is 0 Å². The van der Waals surface area contributed by atoms with Crippen LogP contribution in [0.3, 0.4) is 0 Å². The fourth-order valence-electron chi connectivity index (χ4n) is 0.392. The molecule has 0 unspecified atom stereocenters. The van der Waals surface area contributed by atoms with Crippen molar-refractivity contribution in [1.82, 2.24) is 0 Å². The van der Waals surface area contributed by atoms with Crippen molar-refractivity contribution in [3.8, 4) is 0 Å². The highest BCUT2D eigenvalue weighted by Gasteiger charge is 2.44. The summed E-state index contributed by atoms with van der Waals surface area (Å²) in [5, 5.41) is 0. The predicted octanol–water partition coefficient (Wildman–Crippen LogP) is -0.810. The zero-order chi connectivity index (χ0) is 17.2. The van der Waals surface area contributed by atoms with Crippen molar-refractivity contribution in [1.29, 1.82) is 0 Å². The summed E-state index contributed by atoms with van der Waals surface area (Å²) in [5.41, 5.74) is -6.81. The highest BCUT2D eigenvalue weighted by molar-refractivity contribution is 7.70. The minimum Gasteiger partial charge on any atom is -0.322 e. The lowest BCUT2D eigenvalue weighted by Crippen LogP contribution is -2.01. The normalized spacial score (nSPS) is 14.2. The number of halogens is 2. The third kappa shape index (κ3) is 9.41. The standard InChI is InChI=1S/2CH5FO6P2/c2*2-1(9(3,4)5)10(6,7)8/h2*1H,(H2,3,4,5)(H2,6,7,8)/i2-1;. The molecule has 0 amide bonds. The Bertz CT molecular complexity index is 402. The van der Waals surface area contributed by atoms with Gasteiger partial charge in [-0.25, -0.2) is 8.78 Å². The Hall–Kier alpha value is 0.460. The molecule has 0 aromatic heterocycles. The van der Waals surface area contributed by atoms with E-state index in [1.165, 1.54) is 0 Å². The number of hydrogen-bond donors (Lipinski definition) is 8. The molecule has 0 aliphatic rings. The van der Waals surface area contributed by atoms with E-state index in [2.05, 4.69) is 0 Å². The van der Waals surface area contributed by atoms with Crippen LogP contribution in [0.4, 0.5) is 8.78 Å². The van der Waals surface area contributed by atoms with Crippen molar-refractivity contribution >= 4 is 30.4 Å². The maximum Gasteiger partial charge on any atom is 0.372 e. The summed E-state index contributed by atoms with van der Waals surface area (Å²) in [5.74, 6) is 0. The molecule has 0 fully saturated rings. The molecule has 0 heterocycles. The van der Waals surface area contributed by atoms with Gasteiger partial charge in [-0.3, -0.25) is 18.3 Å². The molecule has 0 aliphatic carbocycles. The maximum absolute atomic E-state index is 11.9. The Morgan fingerprint density at radius 1 is 0.500 bits per heavy atom. The molecule has 0 radical (unpaired) electrons. The van der Waals surface area contributed by atoms with E-state index in [1.54, 1.807) is 0 Å². The van der Waals surface area contributed by atoms with Gasteiger partial charge >= 0.3 is 30.4 Å². The van der Waals surface area contributed by atoms with Crippen LogP contribution in [-0.2, 0) is 18.3 Å². The van der Waals surface area contributed by atoms with Crippen molar-refractivity contribution in [3.05, 3.63) is 0 Å². The lowest BCUT2D eigenvalue weighted by Gasteiger charge is -2.10. The molecule has 0 aromatic carbocycles. The van der Waals surface area contributed by atoms with Gasteiger partial charge in [-0.05, 0) is 0 Å². The Morgan fingerprint density at radius 2 is 0.600 bits per heavy atom. The molecule has 0 atom stereocenters. The lowest BCUT2D eigenvalue weighted by molar-refractivity contribution is 0.289. The first-order chi connectivity index (χ1) is 8.31. The van der Waals surface area contributed by atoms with Crippen LogP contribution in [0.1, 0.15) is 0 Å². The van der Waals surface area contributed by atoms with E-state index in [-0.39, 0.29) is 0 Å². The second-order valence-corrected chi connectivity index (χ2v) is 10.3. The molecule has 0 saturated heterocycles. The summed E-state index contributed by atoms with van der Waals surface area (Å²) in [7, 11) is -21.2. The van der Waals surface area contributed by atoms with Gasteiger partial charge in [-0.1, -0.05) is 0 Å². The molecule has 0 saturated carbocycles. The zero-order valence-corrected chi connectivity index (χ0v) is 12.5. The molecule has 12 nitrogen and oxygen atoms in total. The van der Waals surface area contributed by atoms with Crippen LogP contribution in [0.15, 0.2) is 0 Å². The van der Waals surface area contributed by atoms with Crippen LogP contribution < -0.4 is 0 Å². The third-order valence-electron chi connectivity index (χ3n) is 1.11. The molecule has 0 bridgehead atoms. The van der Waals surface area contributed by atoms with Gasteiger partial charge in [0.15, 0.2) is 0 Å². The van der Waals surface area contributed by atoms with Crippen LogP contribution in [0.5, 0.6) is 0 Å². The van der Waals surface area contributed by atoms with Gasteiger partial charge in [0.25, 0.3) is 11.3 Å². The minimum atomic E-state index is -5.31. The van der Waals surface area contributed by atoms with E-state index in [9.17, 15) is 27.0 Å². The van der Waals surface area contributed by atoms with E-state index < -0.39 is 41.7 Å². The van der Waals surface area contributed by atoms with Gasteiger partial charge < -0.3 is 39.1 Å². The summed E-state index contributed by atoms with van der Waals surface area (Å²) < 4.78 is 63.0. The highest BCUT2D eigenvalue weighted by Crippen LogP contribution is 2.61. The SMILES string of the molecule is O=P(O)(O)C(F)P(=O)(O)O.O=P(O)(O)C([18F])P(=O)(O)O. The molecular formula is C2H10F2O12P4. The van der Waals surface area contributed by atoms with Crippen LogP contribution in [-0.4, -0.2) is 50.5 Å². The second kappa shape index (κ2) is 7.15. The lowest BCUT2D eigenvalue weighted by atomic mass is 11.7. The van der Waals surface area contributed by atoms with Crippen molar-refractivity contribution in [2.45, 2.75) is 11.3 Å². The van der Waals surface area contributed by atoms with E-state index in [1.807, 2.05) is 0 Å². The summed E-state index contributed by atoms with van der Waals surface area (Å²) in [6, 6.07) is 0. The Morgan fingerprint density at radius 3 is 0.600 bits per heavy atom. The molecule has 8 N–H and O–H groups in total. The first kappa shape index (κ1) is 22.7. The molecular weight excluding hydrogens is 377 g/mol. The molecule has 0 aromatic rings. The maximum atomic E-state index is 11.9. The van der Waals surface area contributed by atoms with E-state index in [0.29, 0.717) is 0 Å². The summed E-state index contributed by atoms with van der Waals surface area (Å²) in [6.45, 7) is 0. The topological polar surface area (TPSA) is 230 Å². The average Bonchev–Trinajstić information content (AvgIpc) is 2.10. The van der Waals surface area contributed by atoms with Crippen molar-refractivity contribution in [2.24, 2.45) is 0 Å². The van der Waals surface area contributed by atoms with E-state index in [0.717, 1.165) is 0 Å².